The normalized spacial score (nSPS) is 15.1. The highest BCUT2D eigenvalue weighted by molar-refractivity contribution is 6.05. The highest BCUT2D eigenvalue weighted by Crippen LogP contribution is 2.30. The van der Waals surface area contributed by atoms with Crippen LogP contribution in [0.1, 0.15) is 36.2 Å². The first kappa shape index (κ1) is 21.5. The number of fused-ring (bicyclic) bond motifs is 1. The van der Waals surface area contributed by atoms with E-state index in [2.05, 4.69) is 29.8 Å². The Morgan fingerprint density at radius 1 is 1.07 bits per heavy atom. The Kier molecular flexibility index (Phi) is 6.82. The summed E-state index contributed by atoms with van der Waals surface area (Å²) in [6.45, 7) is 4.65. The lowest BCUT2D eigenvalue weighted by atomic mass is 10.00. The second kappa shape index (κ2) is 9.52. The molecule has 2 aromatic rings. The molecule has 7 nitrogen and oxygen atoms in total. The predicted molar refractivity (Wildman–Crippen MR) is 118 cm³/mol. The van der Waals surface area contributed by atoms with Gasteiger partial charge >= 0.3 is 0 Å². The Morgan fingerprint density at radius 2 is 1.83 bits per heavy atom. The maximum atomic E-state index is 12.5. The number of hydrogen-bond donors (Lipinski definition) is 3. The van der Waals surface area contributed by atoms with Gasteiger partial charge in [0, 0.05) is 12.1 Å². The minimum atomic E-state index is -0.251. The molecule has 7 heteroatoms. The van der Waals surface area contributed by atoms with Crippen molar-refractivity contribution in [2.24, 2.45) is 5.92 Å². The van der Waals surface area contributed by atoms with Gasteiger partial charge in [0.05, 0.1) is 25.6 Å². The average Bonchev–Trinajstić information content (AvgIpc) is 2.73. The highest BCUT2D eigenvalue weighted by Gasteiger charge is 2.26. The van der Waals surface area contributed by atoms with Gasteiger partial charge in [-0.1, -0.05) is 19.9 Å². The van der Waals surface area contributed by atoms with Gasteiger partial charge in [0.25, 0.3) is 5.91 Å². The number of anilines is 2. The van der Waals surface area contributed by atoms with Crippen LogP contribution in [-0.2, 0) is 11.2 Å². The summed E-state index contributed by atoms with van der Waals surface area (Å²) in [4.78, 5) is 24.9. The molecule has 0 aromatic heterocycles. The van der Waals surface area contributed by atoms with Crippen LogP contribution in [0.25, 0.3) is 0 Å². The number of benzene rings is 2. The largest absolute Gasteiger partial charge is 0.493 e. The first-order valence-corrected chi connectivity index (χ1v) is 10.1. The third-order valence-corrected chi connectivity index (χ3v) is 5.04. The van der Waals surface area contributed by atoms with E-state index >= 15 is 0 Å². The van der Waals surface area contributed by atoms with Gasteiger partial charge in [-0.05, 0) is 54.7 Å². The number of methoxy groups -OCH3 is 2. The standard InChI is InChI=1S/C23H29N3O4/c1-14(2)11-19-23(28)26-18-13-16(6-7-17(18)25-19)22(27)24-10-9-15-5-8-20(29-3)21(12-15)30-4/h5-8,12-14,19,25H,9-11H2,1-4H3,(H,24,27)(H,26,28)/t19-/m1/s1. The van der Waals surface area contributed by atoms with Gasteiger partial charge in [-0.2, -0.15) is 0 Å². The summed E-state index contributed by atoms with van der Waals surface area (Å²) in [5.41, 5.74) is 3.01. The number of carbonyl (C=O) groups is 2. The van der Waals surface area contributed by atoms with Gasteiger partial charge in [0.1, 0.15) is 6.04 Å². The van der Waals surface area contributed by atoms with Crippen LogP contribution in [0.4, 0.5) is 11.4 Å². The van der Waals surface area contributed by atoms with Crippen molar-refractivity contribution in [1.82, 2.24) is 5.32 Å². The maximum absolute atomic E-state index is 12.5. The number of hydrogen-bond acceptors (Lipinski definition) is 5. The first-order chi connectivity index (χ1) is 14.4. The molecule has 1 atom stereocenters. The average molecular weight is 412 g/mol. The lowest BCUT2D eigenvalue weighted by Crippen LogP contribution is -2.39. The molecule has 3 rings (SSSR count). The molecule has 2 amide bonds. The van der Waals surface area contributed by atoms with E-state index in [1.165, 1.54) is 0 Å². The Bertz CT molecular complexity index is 927. The Hall–Kier alpha value is -3.22. The quantitative estimate of drug-likeness (QED) is 0.619. The summed E-state index contributed by atoms with van der Waals surface area (Å²) >= 11 is 0. The van der Waals surface area contributed by atoms with Crippen LogP contribution in [0.3, 0.4) is 0 Å². The molecule has 0 bridgehead atoms. The van der Waals surface area contributed by atoms with Crippen molar-refractivity contribution in [2.75, 3.05) is 31.4 Å². The van der Waals surface area contributed by atoms with Crippen LogP contribution < -0.4 is 25.4 Å². The minimum Gasteiger partial charge on any atom is -0.493 e. The number of carbonyl (C=O) groups excluding carboxylic acids is 2. The third kappa shape index (κ3) is 5.03. The van der Waals surface area contributed by atoms with Gasteiger partial charge in [-0.3, -0.25) is 9.59 Å². The summed E-state index contributed by atoms with van der Waals surface area (Å²) in [6, 6.07) is 10.8. The van der Waals surface area contributed by atoms with Crippen LogP contribution >= 0.6 is 0 Å². The molecule has 1 aliphatic heterocycles. The smallest absolute Gasteiger partial charge is 0.251 e. The molecule has 0 spiro atoms. The van der Waals surface area contributed by atoms with E-state index in [4.69, 9.17) is 9.47 Å². The van der Waals surface area contributed by atoms with E-state index in [1.807, 2.05) is 24.3 Å². The van der Waals surface area contributed by atoms with Crippen molar-refractivity contribution in [2.45, 2.75) is 32.7 Å². The molecule has 0 unspecified atom stereocenters. The molecular formula is C23H29N3O4. The van der Waals surface area contributed by atoms with Crippen molar-refractivity contribution in [3.8, 4) is 11.5 Å². The Balaban J connectivity index is 1.59. The topological polar surface area (TPSA) is 88.7 Å². The zero-order valence-corrected chi connectivity index (χ0v) is 17.9. The molecule has 0 fully saturated rings. The monoisotopic (exact) mass is 411 g/mol. The Morgan fingerprint density at radius 3 is 2.53 bits per heavy atom. The van der Waals surface area contributed by atoms with Crippen LogP contribution in [-0.4, -0.2) is 38.6 Å². The van der Waals surface area contributed by atoms with Crippen LogP contribution in [0.5, 0.6) is 11.5 Å². The highest BCUT2D eigenvalue weighted by atomic mass is 16.5. The van der Waals surface area contributed by atoms with Gasteiger partial charge in [0.2, 0.25) is 5.91 Å². The van der Waals surface area contributed by atoms with Crippen molar-refractivity contribution in [1.29, 1.82) is 0 Å². The van der Waals surface area contributed by atoms with E-state index in [0.717, 1.165) is 17.7 Å². The Labute approximate surface area is 177 Å². The molecular weight excluding hydrogens is 382 g/mol. The predicted octanol–water partition coefficient (Wildman–Crippen LogP) is 3.46. The number of rotatable bonds is 8. The van der Waals surface area contributed by atoms with Gasteiger partial charge in [-0.25, -0.2) is 0 Å². The van der Waals surface area contributed by atoms with E-state index < -0.39 is 0 Å². The molecule has 30 heavy (non-hydrogen) atoms. The zero-order chi connectivity index (χ0) is 21.7. The number of nitrogens with one attached hydrogen (secondary N) is 3. The first-order valence-electron chi connectivity index (χ1n) is 10.1. The van der Waals surface area contributed by atoms with E-state index in [0.29, 0.717) is 41.6 Å². The van der Waals surface area contributed by atoms with Crippen LogP contribution in [0, 0.1) is 5.92 Å². The fourth-order valence-electron chi connectivity index (χ4n) is 3.48. The molecule has 0 saturated carbocycles. The SMILES string of the molecule is COc1ccc(CCNC(=O)c2ccc3c(c2)NC(=O)[C@@H](CC(C)C)N3)cc1OC. The minimum absolute atomic E-state index is 0.0674. The van der Waals surface area contributed by atoms with Gasteiger partial charge < -0.3 is 25.4 Å². The van der Waals surface area contributed by atoms with E-state index in [1.54, 1.807) is 26.4 Å². The van der Waals surface area contributed by atoms with E-state index in [9.17, 15) is 9.59 Å². The number of amides is 2. The molecule has 1 heterocycles. The fraction of sp³-hybridized carbons (Fsp3) is 0.391. The third-order valence-electron chi connectivity index (χ3n) is 5.04. The molecule has 0 radical (unpaired) electrons. The van der Waals surface area contributed by atoms with E-state index in [-0.39, 0.29) is 17.9 Å². The molecule has 1 aliphatic rings. The summed E-state index contributed by atoms with van der Waals surface area (Å²) < 4.78 is 10.6. The molecule has 3 N–H and O–H groups in total. The lowest BCUT2D eigenvalue weighted by Gasteiger charge is -2.28. The summed E-state index contributed by atoms with van der Waals surface area (Å²) in [7, 11) is 3.19. The molecule has 0 saturated heterocycles. The zero-order valence-electron chi connectivity index (χ0n) is 17.9. The van der Waals surface area contributed by atoms with Gasteiger partial charge in [0.15, 0.2) is 11.5 Å². The van der Waals surface area contributed by atoms with Crippen molar-refractivity contribution < 1.29 is 19.1 Å². The molecule has 160 valence electrons. The maximum Gasteiger partial charge on any atom is 0.251 e. The second-order valence-electron chi connectivity index (χ2n) is 7.77. The number of ether oxygens (including phenoxy) is 2. The van der Waals surface area contributed by atoms with Crippen molar-refractivity contribution >= 4 is 23.2 Å². The van der Waals surface area contributed by atoms with Crippen LogP contribution in [0.2, 0.25) is 0 Å². The molecule has 2 aromatic carbocycles. The molecule has 0 aliphatic carbocycles. The second-order valence-corrected chi connectivity index (χ2v) is 7.77. The van der Waals surface area contributed by atoms with Crippen molar-refractivity contribution in [3.63, 3.8) is 0 Å². The van der Waals surface area contributed by atoms with Gasteiger partial charge in [-0.15, -0.1) is 0 Å². The lowest BCUT2D eigenvalue weighted by molar-refractivity contribution is -0.117. The fourth-order valence-corrected chi connectivity index (χ4v) is 3.48. The summed E-state index contributed by atoms with van der Waals surface area (Å²) in [5.74, 6) is 1.49. The van der Waals surface area contributed by atoms with Crippen molar-refractivity contribution in [3.05, 3.63) is 47.5 Å². The van der Waals surface area contributed by atoms with Crippen LogP contribution in [0.15, 0.2) is 36.4 Å². The summed E-state index contributed by atoms with van der Waals surface area (Å²) in [5, 5.41) is 9.09. The summed E-state index contributed by atoms with van der Waals surface area (Å²) in [6.07, 6.45) is 1.41.